The number of hydrogen-bond donors (Lipinski definition) is 2. The molecule has 3 heterocycles. The van der Waals surface area contributed by atoms with Crippen molar-refractivity contribution < 1.29 is 14.7 Å². The minimum Gasteiger partial charge on any atom is -0.369 e. The number of carbonyl (C=O) groups excluding carboxylic acids is 2. The average Bonchev–Trinajstić information content (AvgIpc) is 3.21. The van der Waals surface area contributed by atoms with Gasteiger partial charge in [0.15, 0.2) is 5.69 Å². The van der Waals surface area contributed by atoms with Gasteiger partial charge in [-0.05, 0) is 24.3 Å². The van der Waals surface area contributed by atoms with Crippen LogP contribution in [0, 0.1) is 11.8 Å². The quantitative estimate of drug-likeness (QED) is 0.632. The third-order valence-electron chi connectivity index (χ3n) is 4.73. The van der Waals surface area contributed by atoms with Gasteiger partial charge in [-0.15, -0.1) is 0 Å². The van der Waals surface area contributed by atoms with Crippen LogP contribution in [0.25, 0.3) is 16.6 Å². The molecule has 0 spiro atoms. The van der Waals surface area contributed by atoms with Crippen molar-refractivity contribution >= 4 is 22.7 Å². The highest BCUT2D eigenvalue weighted by molar-refractivity contribution is 6.04. The Balaban J connectivity index is 1.76. The lowest BCUT2D eigenvalue weighted by Gasteiger charge is -2.13. The van der Waals surface area contributed by atoms with E-state index in [0.29, 0.717) is 28.7 Å². The monoisotopic (exact) mass is 375 g/mol. The van der Waals surface area contributed by atoms with Crippen molar-refractivity contribution in [3.05, 3.63) is 54.0 Å². The van der Waals surface area contributed by atoms with Crippen LogP contribution in [0.1, 0.15) is 22.5 Å². The summed E-state index contributed by atoms with van der Waals surface area (Å²) in [6.45, 7) is 0.466. The number of hydrogen-bond acceptors (Lipinski definition) is 5. The molecule has 0 aliphatic carbocycles. The number of nitrogens with zero attached hydrogens (tertiary/aromatic N) is 4. The third kappa shape index (κ3) is 2.88. The van der Waals surface area contributed by atoms with Gasteiger partial charge in [-0.2, -0.15) is 5.10 Å². The Hall–Kier alpha value is -3.70. The normalized spacial score (nSPS) is 18.9. The van der Waals surface area contributed by atoms with E-state index in [9.17, 15) is 14.7 Å². The predicted molar refractivity (Wildman–Crippen MR) is 101 cm³/mol. The number of likely N-dealkylation sites (N-methyl/N-ethyl adjacent to an activating group) is 1. The van der Waals surface area contributed by atoms with Crippen molar-refractivity contribution in [2.75, 3.05) is 13.6 Å². The average molecular weight is 375 g/mol. The Morgan fingerprint density at radius 3 is 2.89 bits per heavy atom. The molecule has 0 bridgehead atoms. The van der Waals surface area contributed by atoms with Crippen LogP contribution in [0.3, 0.4) is 0 Å². The highest BCUT2D eigenvalue weighted by Crippen LogP contribution is 2.23. The Labute approximate surface area is 160 Å². The number of fused-ring (bicyclic) bond motifs is 1. The summed E-state index contributed by atoms with van der Waals surface area (Å²) in [5.41, 5.74) is 5.85. The van der Waals surface area contributed by atoms with Gasteiger partial charge >= 0.3 is 0 Å². The van der Waals surface area contributed by atoms with Gasteiger partial charge in [0.25, 0.3) is 11.8 Å². The van der Waals surface area contributed by atoms with Gasteiger partial charge in [-0.3, -0.25) is 14.6 Å². The maximum atomic E-state index is 12.1. The summed E-state index contributed by atoms with van der Waals surface area (Å²) in [6, 6.07) is 8.86. The third-order valence-corrected chi connectivity index (χ3v) is 4.73. The molecule has 1 aliphatic heterocycles. The number of primary amides is 1. The first kappa shape index (κ1) is 17.7. The Kier molecular flexibility index (Phi) is 4.09. The van der Waals surface area contributed by atoms with Crippen LogP contribution in [0.2, 0.25) is 0 Å². The maximum absolute atomic E-state index is 12.1. The number of benzene rings is 1. The van der Waals surface area contributed by atoms with Crippen LogP contribution < -0.4 is 5.73 Å². The second-order valence-electron chi connectivity index (χ2n) is 6.65. The van der Waals surface area contributed by atoms with E-state index in [0.717, 1.165) is 0 Å². The summed E-state index contributed by atoms with van der Waals surface area (Å²) >= 11 is 0. The summed E-state index contributed by atoms with van der Waals surface area (Å²) in [5.74, 6) is 4.53. The molecule has 1 atom stereocenters. The van der Waals surface area contributed by atoms with Crippen molar-refractivity contribution in [1.29, 1.82) is 0 Å². The van der Waals surface area contributed by atoms with E-state index in [-0.39, 0.29) is 12.1 Å². The van der Waals surface area contributed by atoms with Gasteiger partial charge in [0.05, 0.1) is 16.6 Å². The fourth-order valence-electron chi connectivity index (χ4n) is 3.20. The van der Waals surface area contributed by atoms with Gasteiger partial charge in [-0.25, -0.2) is 4.68 Å². The van der Waals surface area contributed by atoms with Gasteiger partial charge in [0.2, 0.25) is 5.60 Å². The molecule has 4 rings (SSSR count). The van der Waals surface area contributed by atoms with Gasteiger partial charge in [0.1, 0.15) is 0 Å². The zero-order valence-electron chi connectivity index (χ0n) is 15.1. The number of amides is 2. The Bertz CT molecular complexity index is 1170. The summed E-state index contributed by atoms with van der Waals surface area (Å²) in [5, 5.41) is 15.3. The minimum atomic E-state index is -1.66. The van der Waals surface area contributed by atoms with Crippen molar-refractivity contribution in [3.63, 3.8) is 0 Å². The number of pyridine rings is 1. The molecular weight excluding hydrogens is 358 g/mol. The molecule has 2 amide bonds. The Morgan fingerprint density at radius 2 is 2.18 bits per heavy atom. The summed E-state index contributed by atoms with van der Waals surface area (Å²) < 4.78 is 1.59. The highest BCUT2D eigenvalue weighted by atomic mass is 16.3. The number of aromatic nitrogens is 3. The molecule has 8 nitrogen and oxygen atoms in total. The van der Waals surface area contributed by atoms with Crippen molar-refractivity contribution in [2.45, 2.75) is 12.0 Å². The molecule has 2 aromatic heterocycles. The fraction of sp³-hybridized carbons (Fsp3) is 0.200. The van der Waals surface area contributed by atoms with Gasteiger partial charge in [0, 0.05) is 38.0 Å². The Morgan fingerprint density at radius 1 is 1.36 bits per heavy atom. The number of nitrogens with two attached hydrogens (primary N) is 1. The molecule has 1 saturated heterocycles. The molecule has 0 radical (unpaired) electrons. The predicted octanol–water partition coefficient (Wildman–Crippen LogP) is 0.464. The second kappa shape index (κ2) is 6.48. The molecule has 1 aliphatic rings. The molecular formula is C20H17N5O3. The van der Waals surface area contributed by atoms with Gasteiger partial charge < -0.3 is 15.7 Å². The molecule has 28 heavy (non-hydrogen) atoms. The van der Waals surface area contributed by atoms with Gasteiger partial charge in [-0.1, -0.05) is 17.9 Å². The second-order valence-corrected chi connectivity index (χ2v) is 6.65. The lowest BCUT2D eigenvalue weighted by atomic mass is 10.0. The van der Waals surface area contributed by atoms with Crippen LogP contribution in [0.4, 0.5) is 0 Å². The number of likely N-dealkylation sites (tertiary alicyclic amines) is 1. The molecule has 8 heteroatoms. The topological polar surface area (TPSA) is 114 Å². The minimum absolute atomic E-state index is 0.133. The first-order chi connectivity index (χ1) is 13.4. The van der Waals surface area contributed by atoms with Crippen molar-refractivity contribution in [3.8, 4) is 17.5 Å². The zero-order valence-corrected chi connectivity index (χ0v) is 15.1. The number of rotatable bonds is 2. The standard InChI is InChI=1S/C20H17N5O3/c1-24-10-8-20(28,19(24)27)7-5-13-3-2-4-14(11-13)25-16-6-9-22-12-15(16)17(23-25)18(21)26/h2-4,6,9,11-12,28H,8,10H2,1H3,(H2,21,26). The van der Waals surface area contributed by atoms with E-state index in [4.69, 9.17) is 5.73 Å². The maximum Gasteiger partial charge on any atom is 0.269 e. The first-order valence-electron chi connectivity index (χ1n) is 8.63. The van der Waals surface area contributed by atoms with E-state index >= 15 is 0 Å². The smallest absolute Gasteiger partial charge is 0.269 e. The lowest BCUT2D eigenvalue weighted by Crippen LogP contribution is -2.37. The molecule has 3 N–H and O–H groups in total. The highest BCUT2D eigenvalue weighted by Gasteiger charge is 2.42. The van der Waals surface area contributed by atoms with E-state index in [1.807, 2.05) is 6.07 Å². The van der Waals surface area contributed by atoms with E-state index in [2.05, 4.69) is 21.9 Å². The van der Waals surface area contributed by atoms with Crippen LogP contribution in [-0.2, 0) is 4.79 Å². The number of carbonyl (C=O) groups is 2. The first-order valence-corrected chi connectivity index (χ1v) is 8.63. The van der Waals surface area contributed by atoms with Crippen LogP contribution in [0.5, 0.6) is 0 Å². The molecule has 3 aromatic rings. The summed E-state index contributed by atoms with van der Waals surface area (Å²) in [6.07, 6.45) is 3.42. The van der Waals surface area contributed by atoms with E-state index < -0.39 is 17.4 Å². The molecule has 1 fully saturated rings. The molecule has 1 unspecified atom stereocenters. The molecule has 140 valence electrons. The molecule has 0 saturated carbocycles. The SMILES string of the molecule is CN1CCC(O)(C#Cc2cccc(-n3nc(C(N)=O)c4cnccc43)c2)C1=O. The summed E-state index contributed by atoms with van der Waals surface area (Å²) in [7, 11) is 1.64. The molecule has 1 aromatic carbocycles. The van der Waals surface area contributed by atoms with E-state index in [1.54, 1.807) is 48.4 Å². The van der Waals surface area contributed by atoms with Crippen molar-refractivity contribution in [2.24, 2.45) is 5.73 Å². The zero-order chi connectivity index (χ0) is 19.9. The van der Waals surface area contributed by atoms with Crippen molar-refractivity contribution in [1.82, 2.24) is 19.7 Å². The lowest BCUT2D eigenvalue weighted by molar-refractivity contribution is -0.137. The van der Waals surface area contributed by atoms with Crippen LogP contribution in [-0.4, -0.2) is 55.8 Å². The fourth-order valence-corrected chi connectivity index (χ4v) is 3.20. The van der Waals surface area contributed by atoms with E-state index in [1.165, 1.54) is 4.90 Å². The van der Waals surface area contributed by atoms with Crippen LogP contribution in [0.15, 0.2) is 42.7 Å². The van der Waals surface area contributed by atoms with Crippen LogP contribution >= 0.6 is 0 Å². The number of aliphatic hydroxyl groups is 1. The largest absolute Gasteiger partial charge is 0.369 e. The summed E-state index contributed by atoms with van der Waals surface area (Å²) in [4.78, 5) is 29.2.